The molecule has 0 heterocycles. The summed E-state index contributed by atoms with van der Waals surface area (Å²) < 4.78 is 32.0. The standard InChI is InChI=1S/C14H11F2NO2/c15-11-6-5-9(14(17)18)7-10(11)8-19-13-4-2-1-3-12(13)16/h1-7H,8H2,(H2,17,18). The highest BCUT2D eigenvalue weighted by atomic mass is 19.1. The Hall–Kier alpha value is -2.43. The molecular formula is C14H11F2NO2. The largest absolute Gasteiger partial charge is 0.486 e. The predicted molar refractivity (Wildman–Crippen MR) is 65.6 cm³/mol. The zero-order valence-electron chi connectivity index (χ0n) is 9.90. The molecule has 0 saturated carbocycles. The minimum absolute atomic E-state index is 0.0198. The van der Waals surface area contributed by atoms with Gasteiger partial charge in [0.05, 0.1) is 0 Å². The van der Waals surface area contributed by atoms with Crippen LogP contribution in [0.15, 0.2) is 42.5 Å². The fourth-order valence-corrected chi connectivity index (χ4v) is 1.56. The van der Waals surface area contributed by atoms with Crippen LogP contribution in [0.25, 0.3) is 0 Å². The van der Waals surface area contributed by atoms with Crippen LogP contribution >= 0.6 is 0 Å². The monoisotopic (exact) mass is 263 g/mol. The number of benzene rings is 2. The van der Waals surface area contributed by atoms with Gasteiger partial charge in [-0.05, 0) is 30.3 Å². The van der Waals surface area contributed by atoms with E-state index in [4.69, 9.17) is 10.5 Å². The Morgan fingerprint density at radius 2 is 1.84 bits per heavy atom. The molecule has 0 bridgehead atoms. The number of hydrogen-bond acceptors (Lipinski definition) is 2. The maximum absolute atomic E-state index is 13.5. The van der Waals surface area contributed by atoms with E-state index in [2.05, 4.69) is 0 Å². The lowest BCUT2D eigenvalue weighted by Gasteiger charge is -2.08. The van der Waals surface area contributed by atoms with E-state index in [9.17, 15) is 13.6 Å². The highest BCUT2D eigenvalue weighted by molar-refractivity contribution is 5.92. The Bertz CT molecular complexity index is 614. The molecule has 0 aliphatic carbocycles. The molecule has 0 aliphatic rings. The summed E-state index contributed by atoms with van der Waals surface area (Å²) in [4.78, 5) is 11.0. The quantitative estimate of drug-likeness (QED) is 0.921. The summed E-state index contributed by atoms with van der Waals surface area (Å²) in [5, 5.41) is 0. The first-order chi connectivity index (χ1) is 9.08. The molecule has 98 valence electrons. The van der Waals surface area contributed by atoms with E-state index in [1.165, 1.54) is 30.3 Å². The summed E-state index contributed by atoms with van der Waals surface area (Å²) >= 11 is 0. The van der Waals surface area contributed by atoms with E-state index in [0.717, 1.165) is 6.07 Å². The fourth-order valence-electron chi connectivity index (χ4n) is 1.56. The zero-order chi connectivity index (χ0) is 13.8. The summed E-state index contributed by atoms with van der Waals surface area (Å²) in [5.41, 5.74) is 5.41. The third-order valence-corrected chi connectivity index (χ3v) is 2.55. The van der Waals surface area contributed by atoms with E-state index < -0.39 is 17.5 Å². The van der Waals surface area contributed by atoms with Gasteiger partial charge in [0.1, 0.15) is 12.4 Å². The van der Waals surface area contributed by atoms with Crippen molar-refractivity contribution in [1.29, 1.82) is 0 Å². The second kappa shape index (κ2) is 5.48. The van der Waals surface area contributed by atoms with E-state index in [1.807, 2.05) is 0 Å². The van der Waals surface area contributed by atoms with Gasteiger partial charge in [-0.2, -0.15) is 0 Å². The van der Waals surface area contributed by atoms with E-state index in [0.29, 0.717) is 0 Å². The van der Waals surface area contributed by atoms with Crippen LogP contribution in [0.3, 0.4) is 0 Å². The summed E-state index contributed by atoms with van der Waals surface area (Å²) in [6.07, 6.45) is 0. The van der Waals surface area contributed by atoms with Crippen LogP contribution in [0.4, 0.5) is 8.78 Å². The lowest BCUT2D eigenvalue weighted by atomic mass is 10.1. The summed E-state index contributed by atoms with van der Waals surface area (Å²) in [5.74, 6) is -1.71. The fraction of sp³-hybridized carbons (Fsp3) is 0.0714. The lowest BCUT2D eigenvalue weighted by Crippen LogP contribution is -2.12. The van der Waals surface area contributed by atoms with Gasteiger partial charge in [-0.3, -0.25) is 4.79 Å². The molecule has 3 nitrogen and oxygen atoms in total. The molecule has 0 aromatic heterocycles. The summed E-state index contributed by atoms with van der Waals surface area (Å²) in [7, 11) is 0. The second-order valence-corrected chi connectivity index (χ2v) is 3.89. The molecule has 2 rings (SSSR count). The molecule has 0 radical (unpaired) electrons. The van der Waals surface area contributed by atoms with Gasteiger partial charge < -0.3 is 10.5 Å². The minimum Gasteiger partial charge on any atom is -0.486 e. The molecule has 2 aromatic rings. The molecule has 0 atom stereocenters. The number of amides is 1. The summed E-state index contributed by atoms with van der Waals surface area (Å²) in [6.45, 7) is -0.187. The Balaban J connectivity index is 2.17. The van der Waals surface area contributed by atoms with Crippen molar-refractivity contribution >= 4 is 5.91 Å². The number of carbonyl (C=O) groups excluding carboxylic acids is 1. The number of para-hydroxylation sites is 1. The van der Waals surface area contributed by atoms with Crippen LogP contribution in [0.5, 0.6) is 5.75 Å². The third-order valence-electron chi connectivity index (χ3n) is 2.55. The van der Waals surface area contributed by atoms with E-state index in [1.54, 1.807) is 6.07 Å². The Labute approximate surface area is 108 Å². The first-order valence-corrected chi connectivity index (χ1v) is 5.53. The number of primary amides is 1. The van der Waals surface area contributed by atoms with Crippen molar-refractivity contribution in [1.82, 2.24) is 0 Å². The maximum Gasteiger partial charge on any atom is 0.248 e. The molecule has 0 unspecified atom stereocenters. The molecule has 0 saturated heterocycles. The van der Waals surface area contributed by atoms with Gasteiger partial charge in [0, 0.05) is 11.1 Å². The van der Waals surface area contributed by atoms with Crippen LogP contribution in [0.2, 0.25) is 0 Å². The van der Waals surface area contributed by atoms with Crippen molar-refractivity contribution in [2.24, 2.45) is 5.73 Å². The smallest absolute Gasteiger partial charge is 0.248 e. The molecule has 2 aromatic carbocycles. The second-order valence-electron chi connectivity index (χ2n) is 3.89. The number of nitrogens with two attached hydrogens (primary N) is 1. The van der Waals surface area contributed by atoms with E-state index in [-0.39, 0.29) is 23.5 Å². The van der Waals surface area contributed by atoms with Gasteiger partial charge in [-0.1, -0.05) is 12.1 Å². The third kappa shape index (κ3) is 3.07. The molecule has 0 aliphatic heterocycles. The van der Waals surface area contributed by atoms with Crippen LogP contribution < -0.4 is 10.5 Å². The van der Waals surface area contributed by atoms with Gasteiger partial charge in [0.25, 0.3) is 0 Å². The molecule has 1 amide bonds. The highest BCUT2D eigenvalue weighted by Gasteiger charge is 2.09. The van der Waals surface area contributed by atoms with Crippen molar-refractivity contribution in [2.75, 3.05) is 0 Å². The Morgan fingerprint density at radius 1 is 1.11 bits per heavy atom. The van der Waals surface area contributed by atoms with Crippen molar-refractivity contribution in [2.45, 2.75) is 6.61 Å². The number of halogens is 2. The van der Waals surface area contributed by atoms with Crippen LogP contribution in [0.1, 0.15) is 15.9 Å². The van der Waals surface area contributed by atoms with Crippen LogP contribution in [-0.4, -0.2) is 5.91 Å². The first kappa shape index (κ1) is 13.0. The molecule has 2 N–H and O–H groups in total. The average Bonchev–Trinajstić information content (AvgIpc) is 2.39. The molecule has 5 heteroatoms. The SMILES string of the molecule is NC(=O)c1ccc(F)c(COc2ccccc2F)c1. The van der Waals surface area contributed by atoms with E-state index >= 15 is 0 Å². The van der Waals surface area contributed by atoms with Crippen molar-refractivity contribution < 1.29 is 18.3 Å². The number of hydrogen-bond donors (Lipinski definition) is 1. The maximum atomic E-state index is 13.5. The minimum atomic E-state index is -0.660. The van der Waals surface area contributed by atoms with Crippen molar-refractivity contribution in [3.05, 3.63) is 65.2 Å². The Kier molecular flexibility index (Phi) is 3.75. The molecule has 0 spiro atoms. The van der Waals surface area contributed by atoms with Gasteiger partial charge in [0.15, 0.2) is 11.6 Å². The van der Waals surface area contributed by atoms with Gasteiger partial charge >= 0.3 is 0 Å². The van der Waals surface area contributed by atoms with Gasteiger partial charge in [0.2, 0.25) is 5.91 Å². The number of carbonyl (C=O) groups is 1. The van der Waals surface area contributed by atoms with Gasteiger partial charge in [-0.25, -0.2) is 8.78 Å². The lowest BCUT2D eigenvalue weighted by molar-refractivity contribution is 0.1000. The molecular weight excluding hydrogens is 252 g/mol. The van der Waals surface area contributed by atoms with Crippen LogP contribution in [-0.2, 0) is 6.61 Å². The topological polar surface area (TPSA) is 52.3 Å². The van der Waals surface area contributed by atoms with Gasteiger partial charge in [-0.15, -0.1) is 0 Å². The van der Waals surface area contributed by atoms with Crippen LogP contribution in [0, 0.1) is 11.6 Å². The van der Waals surface area contributed by atoms with Crippen molar-refractivity contribution in [3.63, 3.8) is 0 Å². The summed E-state index contributed by atoms with van der Waals surface area (Å²) in [6, 6.07) is 9.50. The first-order valence-electron chi connectivity index (χ1n) is 5.53. The number of ether oxygens (including phenoxy) is 1. The average molecular weight is 263 g/mol. The zero-order valence-corrected chi connectivity index (χ0v) is 9.90. The normalized spacial score (nSPS) is 10.2. The Morgan fingerprint density at radius 3 is 2.53 bits per heavy atom. The predicted octanol–water partition coefficient (Wildman–Crippen LogP) is 2.64. The molecule has 19 heavy (non-hydrogen) atoms. The molecule has 0 fully saturated rings. The number of rotatable bonds is 4. The van der Waals surface area contributed by atoms with Crippen molar-refractivity contribution in [3.8, 4) is 5.75 Å². The highest BCUT2D eigenvalue weighted by Crippen LogP contribution is 2.18.